The summed E-state index contributed by atoms with van der Waals surface area (Å²) in [6.07, 6.45) is 0. The Morgan fingerprint density at radius 3 is 1.53 bits per heavy atom. The molecule has 10 aromatic rings. The summed E-state index contributed by atoms with van der Waals surface area (Å²) in [5, 5.41) is 1.96. The monoisotopic (exact) mass is 765 g/mol. The third kappa shape index (κ3) is 5.63. The Bertz CT molecular complexity index is 3340. The first-order chi connectivity index (χ1) is 28.5. The molecule has 11 rings (SSSR count). The Morgan fingerprint density at radius 1 is 0.345 bits per heavy atom. The van der Waals surface area contributed by atoms with Crippen molar-refractivity contribution in [2.24, 2.45) is 0 Å². The fraction of sp³-hybridized carbons (Fsp3) is 0. The van der Waals surface area contributed by atoms with E-state index in [0.29, 0.717) is 38.4 Å². The lowest BCUT2D eigenvalue weighted by Crippen LogP contribution is -2.00. The minimum Gasteiger partial charge on any atom is -0.456 e. The Balaban J connectivity index is 0.963. The molecule has 8 aromatic carbocycles. The van der Waals surface area contributed by atoms with Crippen LogP contribution in [0.3, 0.4) is 0 Å². The van der Waals surface area contributed by atoms with Gasteiger partial charge in [0, 0.05) is 38.6 Å². The van der Waals surface area contributed by atoms with Crippen molar-refractivity contribution in [2.45, 2.75) is 9.79 Å². The average molecular weight is 766 g/mol. The lowest BCUT2D eigenvalue weighted by molar-refractivity contribution is 0.598. The number of furan rings is 1. The van der Waals surface area contributed by atoms with Gasteiger partial charge in [-0.3, -0.25) is 0 Å². The molecule has 0 aliphatic carbocycles. The van der Waals surface area contributed by atoms with E-state index in [9.17, 15) is 8.42 Å². The van der Waals surface area contributed by atoms with Crippen molar-refractivity contribution in [1.29, 1.82) is 0 Å². The molecular weight excluding hydrogens is 735 g/mol. The first-order valence-electron chi connectivity index (χ1n) is 19.0. The van der Waals surface area contributed by atoms with Gasteiger partial charge in [-0.1, -0.05) is 158 Å². The maximum absolute atomic E-state index is 14.4. The quantitative estimate of drug-likeness (QED) is 0.168. The molecule has 0 bridgehead atoms. The van der Waals surface area contributed by atoms with Crippen molar-refractivity contribution in [2.75, 3.05) is 0 Å². The summed E-state index contributed by atoms with van der Waals surface area (Å²) in [6, 6.07) is 61.6. The van der Waals surface area contributed by atoms with Crippen molar-refractivity contribution in [1.82, 2.24) is 15.0 Å². The van der Waals surface area contributed by atoms with E-state index in [1.165, 1.54) is 0 Å². The number of fused-ring (bicyclic) bond motifs is 6. The maximum atomic E-state index is 14.4. The van der Waals surface area contributed by atoms with Crippen LogP contribution in [0.15, 0.2) is 202 Å². The molecule has 3 heterocycles. The molecule has 0 N–H and O–H groups in total. The molecule has 274 valence electrons. The van der Waals surface area contributed by atoms with Crippen molar-refractivity contribution in [3.8, 4) is 78.7 Å². The van der Waals surface area contributed by atoms with E-state index in [1.54, 1.807) is 12.1 Å². The van der Waals surface area contributed by atoms with E-state index < -0.39 is 9.84 Å². The SMILES string of the molecule is O=S1(=O)c2cc(-c3cccc(-c4nc(-c5ccccc5)nc(-c5ccc(-c6ccccc6)cc5)n4)c3)ccc2-c2ccc(-c3cccc4oc5ccccc5c34)cc21. The molecule has 0 fully saturated rings. The zero-order valence-electron chi connectivity index (χ0n) is 30.9. The molecule has 0 atom stereocenters. The minimum atomic E-state index is -3.82. The summed E-state index contributed by atoms with van der Waals surface area (Å²) in [4.78, 5) is 15.4. The predicted molar refractivity (Wildman–Crippen MR) is 231 cm³/mol. The molecule has 58 heavy (non-hydrogen) atoms. The normalized spacial score (nSPS) is 12.8. The first-order valence-corrected chi connectivity index (χ1v) is 20.5. The molecule has 0 saturated carbocycles. The van der Waals surface area contributed by atoms with Gasteiger partial charge in [-0.2, -0.15) is 0 Å². The van der Waals surface area contributed by atoms with Crippen LogP contribution in [0.4, 0.5) is 0 Å². The Morgan fingerprint density at radius 2 is 0.810 bits per heavy atom. The molecule has 1 aliphatic rings. The van der Waals surface area contributed by atoms with Gasteiger partial charge in [0.05, 0.1) is 9.79 Å². The molecule has 0 radical (unpaired) electrons. The van der Waals surface area contributed by atoms with Crippen molar-refractivity contribution in [3.05, 3.63) is 188 Å². The van der Waals surface area contributed by atoms with Gasteiger partial charge >= 0.3 is 0 Å². The molecule has 6 nitrogen and oxygen atoms in total. The second-order valence-electron chi connectivity index (χ2n) is 14.4. The standard InChI is InChI=1S/C51H31N3O3S/c55-58(56)46-30-37(25-27-41(46)42-28-26-38(31-47(42)58)40-18-10-20-45-48(40)43-17-7-8-19-44(43)57-45)36-15-9-16-39(29-36)51-53-49(34-13-5-2-6-14-34)52-50(54-51)35-23-21-33(22-24-35)32-11-3-1-4-12-32/h1-31H. The fourth-order valence-electron chi connectivity index (χ4n) is 8.05. The zero-order valence-corrected chi connectivity index (χ0v) is 31.7. The summed E-state index contributed by atoms with van der Waals surface area (Å²) in [5.41, 5.74) is 11.1. The highest BCUT2D eigenvalue weighted by Crippen LogP contribution is 2.47. The lowest BCUT2D eigenvalue weighted by atomic mass is 9.96. The maximum Gasteiger partial charge on any atom is 0.207 e. The predicted octanol–water partition coefficient (Wildman–Crippen LogP) is 12.6. The molecule has 0 saturated heterocycles. The number of nitrogens with zero attached hydrogens (tertiary/aromatic N) is 3. The highest BCUT2D eigenvalue weighted by Gasteiger charge is 2.34. The van der Waals surface area contributed by atoms with Gasteiger partial charge in [-0.25, -0.2) is 23.4 Å². The molecule has 2 aromatic heterocycles. The highest BCUT2D eigenvalue weighted by atomic mass is 32.2. The summed E-state index contributed by atoms with van der Waals surface area (Å²) < 4.78 is 34.8. The van der Waals surface area contributed by atoms with E-state index in [4.69, 9.17) is 19.4 Å². The molecule has 0 unspecified atom stereocenters. The van der Waals surface area contributed by atoms with E-state index >= 15 is 0 Å². The number of benzene rings is 8. The molecule has 0 amide bonds. The topological polar surface area (TPSA) is 86.0 Å². The lowest BCUT2D eigenvalue weighted by Gasteiger charge is -2.11. The third-order valence-electron chi connectivity index (χ3n) is 10.9. The summed E-state index contributed by atoms with van der Waals surface area (Å²) in [7, 11) is -3.82. The number of aromatic nitrogens is 3. The van der Waals surface area contributed by atoms with Crippen molar-refractivity contribution in [3.63, 3.8) is 0 Å². The summed E-state index contributed by atoms with van der Waals surface area (Å²) in [5.74, 6) is 1.65. The first kappa shape index (κ1) is 33.8. The van der Waals surface area contributed by atoms with Crippen LogP contribution in [0.25, 0.3) is 101 Å². The number of hydrogen-bond acceptors (Lipinski definition) is 6. The second kappa shape index (κ2) is 13.3. The van der Waals surface area contributed by atoms with Gasteiger partial charge in [0.25, 0.3) is 0 Å². The molecule has 0 spiro atoms. The number of rotatable bonds is 6. The van der Waals surface area contributed by atoms with Crippen LogP contribution in [-0.2, 0) is 9.84 Å². The van der Waals surface area contributed by atoms with Crippen LogP contribution < -0.4 is 0 Å². The molecule has 1 aliphatic heterocycles. The largest absolute Gasteiger partial charge is 0.456 e. The summed E-state index contributed by atoms with van der Waals surface area (Å²) >= 11 is 0. The fourth-order valence-corrected chi connectivity index (χ4v) is 9.78. The zero-order chi connectivity index (χ0) is 38.8. The van der Waals surface area contributed by atoms with Crippen molar-refractivity contribution >= 4 is 31.8 Å². The third-order valence-corrected chi connectivity index (χ3v) is 12.8. The van der Waals surface area contributed by atoms with Crippen LogP contribution in [0.1, 0.15) is 0 Å². The number of hydrogen-bond donors (Lipinski definition) is 0. The van der Waals surface area contributed by atoms with E-state index in [1.807, 2.05) is 152 Å². The van der Waals surface area contributed by atoms with Crippen LogP contribution >= 0.6 is 0 Å². The number of para-hydroxylation sites is 1. The van der Waals surface area contributed by atoms with Gasteiger partial charge in [-0.15, -0.1) is 0 Å². The van der Waals surface area contributed by atoms with Gasteiger partial charge in [0.15, 0.2) is 17.5 Å². The van der Waals surface area contributed by atoms with Gasteiger partial charge < -0.3 is 4.42 Å². The smallest absolute Gasteiger partial charge is 0.207 e. The Hall–Kier alpha value is -7.48. The van der Waals surface area contributed by atoms with Gasteiger partial charge in [-0.05, 0) is 63.7 Å². The number of sulfone groups is 1. The van der Waals surface area contributed by atoms with Gasteiger partial charge in [0.1, 0.15) is 11.2 Å². The van der Waals surface area contributed by atoms with E-state index in [-0.39, 0.29) is 0 Å². The Labute approximate surface area is 334 Å². The minimum absolute atomic E-state index is 0.294. The second-order valence-corrected chi connectivity index (χ2v) is 16.3. The molecular formula is C51H31N3O3S. The van der Waals surface area contributed by atoms with Crippen LogP contribution in [0.5, 0.6) is 0 Å². The van der Waals surface area contributed by atoms with Crippen LogP contribution in [0.2, 0.25) is 0 Å². The molecule has 7 heteroatoms. The van der Waals surface area contributed by atoms with Gasteiger partial charge in [0.2, 0.25) is 9.84 Å². The van der Waals surface area contributed by atoms with Crippen LogP contribution in [0, 0.1) is 0 Å². The van der Waals surface area contributed by atoms with Crippen LogP contribution in [-0.4, -0.2) is 23.4 Å². The Kier molecular flexibility index (Phi) is 7.77. The van der Waals surface area contributed by atoms with E-state index in [2.05, 4.69) is 24.3 Å². The summed E-state index contributed by atoms with van der Waals surface area (Å²) in [6.45, 7) is 0. The highest BCUT2D eigenvalue weighted by molar-refractivity contribution is 7.92. The average Bonchev–Trinajstić information content (AvgIpc) is 3.78. The van der Waals surface area contributed by atoms with E-state index in [0.717, 1.165) is 72.0 Å². The van der Waals surface area contributed by atoms with Crippen molar-refractivity contribution < 1.29 is 12.8 Å².